The van der Waals surface area contributed by atoms with E-state index in [0.29, 0.717) is 6.61 Å². The smallest absolute Gasteiger partial charge is 0.125 e. The van der Waals surface area contributed by atoms with Crippen LogP contribution in [0.5, 0.6) is 5.75 Å². The van der Waals surface area contributed by atoms with Crippen LogP contribution in [-0.2, 0) is 0 Å². The number of aryl methyl sites for hydroxylation is 2. The van der Waals surface area contributed by atoms with Gasteiger partial charge in [-0.3, -0.25) is 0 Å². The molecule has 0 aliphatic heterocycles. The van der Waals surface area contributed by atoms with Crippen LogP contribution in [0.15, 0.2) is 42.5 Å². The van der Waals surface area contributed by atoms with Gasteiger partial charge in [-0.25, -0.2) is 0 Å². The van der Waals surface area contributed by atoms with E-state index >= 15 is 0 Å². The van der Waals surface area contributed by atoms with Crippen molar-refractivity contribution in [1.82, 2.24) is 0 Å². The molecule has 0 spiro atoms. The maximum atomic E-state index is 5.83. The first kappa shape index (κ1) is 13.3. The largest absolute Gasteiger partial charge is 0.491 e. The summed E-state index contributed by atoms with van der Waals surface area (Å²) in [6.45, 7) is 5.53. The molecule has 2 aromatic rings. The Labute approximate surface area is 114 Å². The fourth-order valence-corrected chi connectivity index (χ4v) is 1.98. The second-order valence-corrected chi connectivity index (χ2v) is 4.62. The van der Waals surface area contributed by atoms with E-state index in [9.17, 15) is 0 Å². The third-order valence-corrected chi connectivity index (χ3v) is 3.00. The lowest BCUT2D eigenvalue weighted by molar-refractivity contribution is 0.328. The van der Waals surface area contributed by atoms with Gasteiger partial charge in [-0.15, -0.1) is 0 Å². The molecule has 2 aromatic carbocycles. The minimum absolute atomic E-state index is 0.635. The molecule has 0 bridgehead atoms. The lowest BCUT2D eigenvalue weighted by Crippen LogP contribution is -2.12. The third-order valence-electron chi connectivity index (χ3n) is 3.00. The van der Waals surface area contributed by atoms with Crippen LogP contribution >= 0.6 is 0 Å². The predicted molar refractivity (Wildman–Crippen MR) is 80.8 cm³/mol. The number of hydrogen-bond donors (Lipinski definition) is 2. The summed E-state index contributed by atoms with van der Waals surface area (Å²) in [5.74, 6) is 0.988. The van der Waals surface area contributed by atoms with E-state index in [1.54, 1.807) is 0 Å². The van der Waals surface area contributed by atoms with E-state index in [2.05, 4.69) is 31.3 Å². The van der Waals surface area contributed by atoms with Crippen LogP contribution in [0.2, 0.25) is 0 Å². The summed E-state index contributed by atoms with van der Waals surface area (Å²) in [4.78, 5) is 0. The van der Waals surface area contributed by atoms with Crippen molar-refractivity contribution < 1.29 is 4.74 Å². The third kappa shape index (κ3) is 3.65. The number of anilines is 2. The second kappa shape index (κ2) is 6.14. The Morgan fingerprint density at radius 3 is 2.26 bits per heavy atom. The molecule has 0 atom stereocenters. The Hall–Kier alpha value is -2.16. The normalized spacial score (nSPS) is 10.2. The number of nitrogens with one attached hydrogen (secondary N) is 1. The van der Waals surface area contributed by atoms with Crippen LogP contribution in [0.25, 0.3) is 0 Å². The number of benzene rings is 2. The molecule has 0 aliphatic carbocycles. The molecule has 2 rings (SSSR count). The van der Waals surface area contributed by atoms with Gasteiger partial charge in [0.05, 0.1) is 0 Å². The van der Waals surface area contributed by atoms with Crippen LogP contribution in [-0.4, -0.2) is 13.2 Å². The number of para-hydroxylation sites is 1. The lowest BCUT2D eigenvalue weighted by atomic mass is 10.1. The van der Waals surface area contributed by atoms with Crippen molar-refractivity contribution in [2.75, 3.05) is 24.2 Å². The topological polar surface area (TPSA) is 47.3 Å². The highest BCUT2D eigenvalue weighted by atomic mass is 16.5. The zero-order valence-corrected chi connectivity index (χ0v) is 11.4. The minimum atomic E-state index is 0.635. The molecule has 0 aliphatic rings. The van der Waals surface area contributed by atoms with Crippen molar-refractivity contribution in [2.45, 2.75) is 13.8 Å². The van der Waals surface area contributed by atoms with Gasteiger partial charge in [-0.1, -0.05) is 18.2 Å². The van der Waals surface area contributed by atoms with E-state index in [-0.39, 0.29) is 0 Å². The fraction of sp³-hybridized carbons (Fsp3) is 0.250. The van der Waals surface area contributed by atoms with Gasteiger partial charge in [-0.2, -0.15) is 0 Å². The lowest BCUT2D eigenvalue weighted by Gasteiger charge is -2.12. The molecule has 0 radical (unpaired) electrons. The zero-order chi connectivity index (χ0) is 13.7. The van der Waals surface area contributed by atoms with Crippen molar-refractivity contribution in [3.8, 4) is 5.75 Å². The average molecular weight is 256 g/mol. The molecule has 0 heterocycles. The molecule has 3 N–H and O–H groups in total. The molecule has 3 nitrogen and oxygen atoms in total. The fourth-order valence-electron chi connectivity index (χ4n) is 1.98. The number of ether oxygens (including phenoxy) is 1. The molecular weight excluding hydrogens is 236 g/mol. The summed E-state index contributed by atoms with van der Waals surface area (Å²) in [5.41, 5.74) is 9.82. The highest BCUT2D eigenvalue weighted by Crippen LogP contribution is 2.22. The molecule has 0 saturated carbocycles. The van der Waals surface area contributed by atoms with Gasteiger partial charge in [0.2, 0.25) is 0 Å². The van der Waals surface area contributed by atoms with E-state index in [0.717, 1.165) is 23.7 Å². The summed E-state index contributed by atoms with van der Waals surface area (Å²) in [5, 5.41) is 3.30. The number of nitrogen functional groups attached to an aromatic ring is 1. The monoisotopic (exact) mass is 256 g/mol. The number of hydrogen-bond acceptors (Lipinski definition) is 3. The highest BCUT2D eigenvalue weighted by molar-refractivity contribution is 5.51. The first-order valence-corrected chi connectivity index (χ1v) is 6.45. The van der Waals surface area contributed by atoms with E-state index < -0.39 is 0 Å². The van der Waals surface area contributed by atoms with Gasteiger partial charge in [0.15, 0.2) is 0 Å². The summed E-state index contributed by atoms with van der Waals surface area (Å²) < 4.78 is 5.83. The molecule has 100 valence electrons. The molecule has 0 amide bonds. The quantitative estimate of drug-likeness (QED) is 0.637. The molecule has 0 aromatic heterocycles. The highest BCUT2D eigenvalue weighted by Gasteiger charge is 2.02. The number of rotatable bonds is 5. The molecule has 19 heavy (non-hydrogen) atoms. The molecule has 0 fully saturated rings. The van der Waals surface area contributed by atoms with Gasteiger partial charge in [-0.05, 0) is 49.2 Å². The first-order chi connectivity index (χ1) is 9.16. The van der Waals surface area contributed by atoms with Crippen molar-refractivity contribution in [2.24, 2.45) is 0 Å². The Bertz CT molecular complexity index is 515. The maximum Gasteiger partial charge on any atom is 0.125 e. The van der Waals surface area contributed by atoms with Gasteiger partial charge in [0.25, 0.3) is 0 Å². The van der Waals surface area contributed by atoms with Crippen LogP contribution in [0, 0.1) is 13.8 Å². The van der Waals surface area contributed by atoms with Crippen LogP contribution < -0.4 is 15.8 Å². The Morgan fingerprint density at radius 1 is 1.00 bits per heavy atom. The maximum absolute atomic E-state index is 5.83. The number of nitrogens with two attached hydrogens (primary N) is 1. The first-order valence-electron chi connectivity index (χ1n) is 6.45. The summed E-state index contributed by atoms with van der Waals surface area (Å²) in [6, 6.07) is 13.9. The van der Waals surface area contributed by atoms with Gasteiger partial charge >= 0.3 is 0 Å². The van der Waals surface area contributed by atoms with Crippen molar-refractivity contribution in [1.29, 1.82) is 0 Å². The van der Waals surface area contributed by atoms with Crippen molar-refractivity contribution in [3.05, 3.63) is 53.6 Å². The second-order valence-electron chi connectivity index (χ2n) is 4.62. The van der Waals surface area contributed by atoms with E-state index in [1.165, 1.54) is 11.1 Å². The summed E-state index contributed by atoms with van der Waals surface area (Å²) in [7, 11) is 0. The van der Waals surface area contributed by atoms with Gasteiger partial charge < -0.3 is 15.8 Å². The summed E-state index contributed by atoms with van der Waals surface area (Å²) in [6.07, 6.45) is 0. The van der Waals surface area contributed by atoms with Crippen LogP contribution in [0.1, 0.15) is 11.1 Å². The van der Waals surface area contributed by atoms with E-state index in [1.807, 2.05) is 30.3 Å². The summed E-state index contributed by atoms with van der Waals surface area (Å²) >= 11 is 0. The van der Waals surface area contributed by atoms with Crippen LogP contribution in [0.3, 0.4) is 0 Å². The van der Waals surface area contributed by atoms with Gasteiger partial charge in [0.1, 0.15) is 12.4 Å². The Kier molecular flexibility index (Phi) is 4.29. The van der Waals surface area contributed by atoms with Crippen LogP contribution in [0.4, 0.5) is 11.4 Å². The standard InChI is InChI=1S/C16H20N2O/c1-12-4-3-5-13(2)16(12)19-11-10-18-15-8-6-14(17)7-9-15/h3-9,18H,10-11,17H2,1-2H3. The molecule has 0 saturated heterocycles. The minimum Gasteiger partial charge on any atom is -0.491 e. The molecule has 3 heteroatoms. The average Bonchev–Trinajstić information content (AvgIpc) is 2.39. The van der Waals surface area contributed by atoms with Crippen molar-refractivity contribution in [3.63, 3.8) is 0 Å². The predicted octanol–water partition coefficient (Wildman–Crippen LogP) is 3.38. The van der Waals surface area contributed by atoms with Gasteiger partial charge in [0, 0.05) is 17.9 Å². The van der Waals surface area contributed by atoms with E-state index in [4.69, 9.17) is 10.5 Å². The Morgan fingerprint density at radius 2 is 1.63 bits per heavy atom. The zero-order valence-electron chi connectivity index (χ0n) is 11.4. The Balaban J connectivity index is 1.82. The molecule has 0 unspecified atom stereocenters. The molecular formula is C16H20N2O. The SMILES string of the molecule is Cc1cccc(C)c1OCCNc1ccc(N)cc1. The van der Waals surface area contributed by atoms with Crippen molar-refractivity contribution >= 4 is 11.4 Å².